The van der Waals surface area contributed by atoms with Gasteiger partial charge < -0.3 is 0 Å². The first-order valence-electron chi connectivity index (χ1n) is 4.98. The van der Waals surface area contributed by atoms with Gasteiger partial charge in [-0.25, -0.2) is 4.39 Å². The molecule has 1 fully saturated rings. The molecule has 0 N–H and O–H groups in total. The number of carbonyl (C=O) groups is 1. The Balaban J connectivity index is 2.14. The number of ketones is 1. The molecule has 15 heavy (non-hydrogen) atoms. The zero-order chi connectivity index (χ0) is 11.1. The Kier molecular flexibility index (Phi) is 2.67. The van der Waals surface area contributed by atoms with Crippen LogP contribution in [0.25, 0.3) is 0 Å². The molecule has 0 radical (unpaired) electrons. The lowest BCUT2D eigenvalue weighted by atomic mass is 9.97. The van der Waals surface area contributed by atoms with Crippen LogP contribution in [0.15, 0.2) is 22.7 Å². The molecule has 2 rings (SSSR count). The Bertz CT molecular complexity index is 410. The van der Waals surface area contributed by atoms with Crippen molar-refractivity contribution >= 4 is 21.7 Å². The van der Waals surface area contributed by atoms with Crippen LogP contribution in [0.2, 0.25) is 0 Å². The Morgan fingerprint density at radius 1 is 1.53 bits per heavy atom. The van der Waals surface area contributed by atoms with E-state index in [0.29, 0.717) is 10.0 Å². The number of Topliss-reactive ketones (excluding diaryl/α,β-unsaturated/α-hetero) is 1. The fraction of sp³-hybridized carbons (Fsp3) is 0.417. The molecule has 1 aliphatic carbocycles. The van der Waals surface area contributed by atoms with E-state index in [1.165, 1.54) is 6.07 Å². The van der Waals surface area contributed by atoms with Crippen LogP contribution in [0.3, 0.4) is 0 Å². The number of hydrogen-bond donors (Lipinski definition) is 0. The molecule has 1 aromatic carbocycles. The first-order chi connectivity index (χ1) is 7.01. The van der Waals surface area contributed by atoms with Gasteiger partial charge in [0.05, 0.1) is 0 Å². The molecule has 0 saturated heterocycles. The quantitative estimate of drug-likeness (QED) is 0.822. The summed E-state index contributed by atoms with van der Waals surface area (Å²) in [5.74, 6) is -0.148. The maximum Gasteiger partial charge on any atom is 0.143 e. The minimum absolute atomic E-state index is 0.156. The molecule has 1 nitrogen and oxygen atoms in total. The predicted molar refractivity (Wildman–Crippen MR) is 60.2 cm³/mol. The summed E-state index contributed by atoms with van der Waals surface area (Å²) in [5, 5.41) is 0. The van der Waals surface area contributed by atoms with Gasteiger partial charge in [-0.05, 0) is 30.5 Å². The van der Waals surface area contributed by atoms with Crippen molar-refractivity contribution in [3.05, 3.63) is 34.1 Å². The maximum atomic E-state index is 13.4. The van der Waals surface area contributed by atoms with Crippen molar-refractivity contribution in [1.82, 2.24) is 0 Å². The molecule has 0 spiro atoms. The Labute approximate surface area is 96.8 Å². The van der Waals surface area contributed by atoms with Crippen molar-refractivity contribution in [2.24, 2.45) is 5.41 Å². The van der Waals surface area contributed by atoms with Gasteiger partial charge in [-0.1, -0.05) is 28.9 Å². The molecule has 0 atom stereocenters. The van der Waals surface area contributed by atoms with E-state index < -0.39 is 0 Å². The molecule has 1 aliphatic rings. The van der Waals surface area contributed by atoms with Crippen LogP contribution in [0.4, 0.5) is 4.39 Å². The summed E-state index contributed by atoms with van der Waals surface area (Å²) in [6, 6.07) is 4.84. The van der Waals surface area contributed by atoms with Gasteiger partial charge in [0.25, 0.3) is 0 Å². The van der Waals surface area contributed by atoms with Gasteiger partial charge in [-0.15, -0.1) is 0 Å². The Hall–Kier alpha value is -0.700. The van der Waals surface area contributed by atoms with E-state index in [2.05, 4.69) is 15.9 Å². The summed E-state index contributed by atoms with van der Waals surface area (Å²) in [6.07, 6.45) is 2.11. The van der Waals surface area contributed by atoms with Crippen LogP contribution < -0.4 is 0 Å². The fourth-order valence-corrected chi connectivity index (χ4v) is 1.85. The standard InChI is InChI=1S/C12H12BrFO/c1-12(4-5-12)11(15)6-8-2-3-9(13)7-10(8)14/h2-3,7H,4-6H2,1H3. The van der Waals surface area contributed by atoms with Crippen LogP contribution >= 0.6 is 15.9 Å². The molecule has 0 bridgehead atoms. The average Bonchev–Trinajstić information content (AvgIpc) is 2.90. The first kappa shape index (κ1) is 10.8. The molecule has 0 aromatic heterocycles. The molecule has 80 valence electrons. The molecule has 1 saturated carbocycles. The topological polar surface area (TPSA) is 17.1 Å². The van der Waals surface area contributed by atoms with E-state index in [1.807, 2.05) is 6.92 Å². The lowest BCUT2D eigenvalue weighted by Crippen LogP contribution is -2.15. The highest BCUT2D eigenvalue weighted by molar-refractivity contribution is 9.10. The summed E-state index contributed by atoms with van der Waals surface area (Å²) in [5.41, 5.74) is 0.329. The van der Waals surface area contributed by atoms with Gasteiger partial charge >= 0.3 is 0 Å². The van der Waals surface area contributed by atoms with E-state index in [-0.39, 0.29) is 23.4 Å². The van der Waals surface area contributed by atoms with Crippen molar-refractivity contribution < 1.29 is 9.18 Å². The molecule has 1 aromatic rings. The number of rotatable bonds is 3. The van der Waals surface area contributed by atoms with E-state index in [4.69, 9.17) is 0 Å². The number of carbonyl (C=O) groups excluding carboxylic acids is 1. The second-order valence-electron chi connectivity index (χ2n) is 4.40. The lowest BCUT2D eigenvalue weighted by molar-refractivity contribution is -0.122. The van der Waals surface area contributed by atoms with E-state index in [1.54, 1.807) is 12.1 Å². The number of hydrogen-bond acceptors (Lipinski definition) is 1. The van der Waals surface area contributed by atoms with E-state index in [0.717, 1.165) is 12.8 Å². The monoisotopic (exact) mass is 270 g/mol. The normalized spacial score (nSPS) is 17.5. The molecular weight excluding hydrogens is 259 g/mol. The molecule has 0 aliphatic heterocycles. The van der Waals surface area contributed by atoms with E-state index in [9.17, 15) is 9.18 Å². The zero-order valence-electron chi connectivity index (χ0n) is 8.52. The molecule has 3 heteroatoms. The lowest BCUT2D eigenvalue weighted by Gasteiger charge is -2.07. The SMILES string of the molecule is CC1(C(=O)Cc2ccc(Br)cc2F)CC1. The van der Waals surface area contributed by atoms with Gasteiger partial charge in [0.15, 0.2) is 0 Å². The summed E-state index contributed by atoms with van der Waals surface area (Å²) in [4.78, 5) is 11.8. The number of halogens is 2. The van der Waals surface area contributed by atoms with Crippen molar-refractivity contribution in [3.63, 3.8) is 0 Å². The van der Waals surface area contributed by atoms with Gasteiger partial charge in [-0.2, -0.15) is 0 Å². The molecule has 0 unspecified atom stereocenters. The molecule has 0 amide bonds. The van der Waals surface area contributed by atoms with Crippen LogP contribution in [0.1, 0.15) is 25.3 Å². The third-order valence-electron chi connectivity index (χ3n) is 3.04. The highest BCUT2D eigenvalue weighted by atomic mass is 79.9. The molecule has 0 heterocycles. The predicted octanol–water partition coefficient (Wildman–Crippen LogP) is 3.50. The molecular formula is C12H12BrFO. The highest BCUT2D eigenvalue weighted by Gasteiger charge is 2.44. The van der Waals surface area contributed by atoms with Crippen LogP contribution in [0, 0.1) is 11.2 Å². The number of benzene rings is 1. The van der Waals surface area contributed by atoms with Crippen molar-refractivity contribution in [2.45, 2.75) is 26.2 Å². The van der Waals surface area contributed by atoms with Gasteiger partial charge in [0.1, 0.15) is 11.6 Å². The minimum atomic E-state index is -0.304. The largest absolute Gasteiger partial charge is 0.299 e. The Morgan fingerprint density at radius 3 is 2.73 bits per heavy atom. The summed E-state index contributed by atoms with van der Waals surface area (Å²) in [7, 11) is 0. The smallest absolute Gasteiger partial charge is 0.143 e. The second kappa shape index (κ2) is 3.71. The van der Waals surface area contributed by atoms with Gasteiger partial charge in [-0.3, -0.25) is 4.79 Å². The maximum absolute atomic E-state index is 13.4. The average molecular weight is 271 g/mol. The van der Waals surface area contributed by atoms with Gasteiger partial charge in [0.2, 0.25) is 0 Å². The summed E-state index contributed by atoms with van der Waals surface area (Å²) >= 11 is 3.19. The van der Waals surface area contributed by atoms with Crippen LogP contribution in [0.5, 0.6) is 0 Å². The van der Waals surface area contributed by atoms with Crippen LogP contribution in [-0.4, -0.2) is 5.78 Å². The van der Waals surface area contributed by atoms with Crippen molar-refractivity contribution in [1.29, 1.82) is 0 Å². The highest BCUT2D eigenvalue weighted by Crippen LogP contribution is 2.46. The fourth-order valence-electron chi connectivity index (χ4n) is 1.52. The minimum Gasteiger partial charge on any atom is -0.299 e. The third-order valence-corrected chi connectivity index (χ3v) is 3.53. The summed E-state index contributed by atoms with van der Waals surface area (Å²) in [6.45, 7) is 1.95. The Morgan fingerprint density at radius 2 is 2.20 bits per heavy atom. The third kappa shape index (κ3) is 2.28. The van der Waals surface area contributed by atoms with Crippen LogP contribution in [-0.2, 0) is 11.2 Å². The zero-order valence-corrected chi connectivity index (χ0v) is 10.1. The van der Waals surface area contributed by atoms with E-state index >= 15 is 0 Å². The summed E-state index contributed by atoms with van der Waals surface area (Å²) < 4.78 is 14.1. The van der Waals surface area contributed by atoms with Crippen molar-refractivity contribution in [2.75, 3.05) is 0 Å². The van der Waals surface area contributed by atoms with Gasteiger partial charge in [0, 0.05) is 16.3 Å². The first-order valence-corrected chi connectivity index (χ1v) is 5.78. The van der Waals surface area contributed by atoms with Crippen molar-refractivity contribution in [3.8, 4) is 0 Å². The second-order valence-corrected chi connectivity index (χ2v) is 5.31.